The Labute approximate surface area is 108 Å². The maximum Gasteiger partial charge on any atom is 0.191 e. The summed E-state index contributed by atoms with van der Waals surface area (Å²) in [5, 5.41) is 16.3. The smallest absolute Gasteiger partial charge is 0.191 e. The van der Waals surface area contributed by atoms with Gasteiger partial charge < -0.3 is 20.2 Å². The molecule has 0 aromatic carbocycles. The number of aliphatic hydroxyl groups is 1. The van der Waals surface area contributed by atoms with Gasteiger partial charge in [0.15, 0.2) is 5.96 Å². The number of hydrogen-bond donors (Lipinski definition) is 3. The van der Waals surface area contributed by atoms with E-state index >= 15 is 0 Å². The first kappa shape index (κ1) is 14.6. The van der Waals surface area contributed by atoms with Gasteiger partial charge in [0.05, 0.1) is 12.8 Å². The highest BCUT2D eigenvalue weighted by Crippen LogP contribution is 2.12. The molecule has 5 nitrogen and oxygen atoms in total. The van der Waals surface area contributed by atoms with Crippen LogP contribution in [-0.4, -0.2) is 30.2 Å². The minimum Gasteiger partial charge on any atom is -0.467 e. The average molecular weight is 253 g/mol. The van der Waals surface area contributed by atoms with Gasteiger partial charge in [-0.3, -0.25) is 4.99 Å². The van der Waals surface area contributed by atoms with Crippen LogP contribution in [0, 0.1) is 0 Å². The summed E-state index contributed by atoms with van der Waals surface area (Å²) in [6.45, 7) is 7.28. The minimum atomic E-state index is -0.701. The zero-order valence-electron chi connectivity index (χ0n) is 11.3. The zero-order chi connectivity index (χ0) is 13.4. The first-order chi connectivity index (χ1) is 8.67. The third kappa shape index (κ3) is 4.79. The lowest BCUT2D eigenvalue weighted by Gasteiger charge is -2.16. The molecule has 0 aliphatic rings. The zero-order valence-corrected chi connectivity index (χ0v) is 11.3. The molecule has 1 heterocycles. The van der Waals surface area contributed by atoms with Crippen LogP contribution in [0.4, 0.5) is 0 Å². The molecule has 0 radical (unpaired) electrons. The van der Waals surface area contributed by atoms with Crippen LogP contribution in [0.15, 0.2) is 27.8 Å². The van der Waals surface area contributed by atoms with Crippen LogP contribution >= 0.6 is 0 Å². The first-order valence-electron chi connectivity index (χ1n) is 6.43. The van der Waals surface area contributed by atoms with Gasteiger partial charge in [-0.2, -0.15) is 0 Å². The van der Waals surface area contributed by atoms with Crippen molar-refractivity contribution in [1.29, 1.82) is 0 Å². The third-order valence-corrected chi connectivity index (χ3v) is 2.63. The number of furan rings is 1. The molecule has 0 aliphatic carbocycles. The number of nitrogens with zero attached hydrogens (tertiary/aromatic N) is 1. The fraction of sp³-hybridized carbons (Fsp3) is 0.615. The molecule has 18 heavy (non-hydrogen) atoms. The van der Waals surface area contributed by atoms with Crippen molar-refractivity contribution in [2.75, 3.05) is 13.1 Å². The monoisotopic (exact) mass is 253 g/mol. The Morgan fingerprint density at radius 3 is 2.83 bits per heavy atom. The summed E-state index contributed by atoms with van der Waals surface area (Å²) < 4.78 is 5.13. The second-order valence-electron chi connectivity index (χ2n) is 4.20. The van der Waals surface area contributed by atoms with Crippen molar-refractivity contribution in [1.82, 2.24) is 10.6 Å². The second-order valence-corrected chi connectivity index (χ2v) is 4.20. The van der Waals surface area contributed by atoms with E-state index in [1.54, 1.807) is 18.4 Å². The van der Waals surface area contributed by atoms with Crippen LogP contribution in [-0.2, 0) is 0 Å². The van der Waals surface area contributed by atoms with Crippen LogP contribution in [0.25, 0.3) is 0 Å². The van der Waals surface area contributed by atoms with E-state index in [1.807, 2.05) is 6.92 Å². The lowest BCUT2D eigenvalue weighted by molar-refractivity contribution is 0.158. The summed E-state index contributed by atoms with van der Waals surface area (Å²) >= 11 is 0. The van der Waals surface area contributed by atoms with Crippen LogP contribution < -0.4 is 10.6 Å². The van der Waals surface area contributed by atoms with E-state index in [4.69, 9.17) is 4.42 Å². The highest BCUT2D eigenvalue weighted by molar-refractivity contribution is 5.80. The normalized spacial score (nSPS) is 15.2. The molecule has 0 bridgehead atoms. The first-order valence-corrected chi connectivity index (χ1v) is 6.43. The standard InChI is InChI=1S/C13H23N3O2/c1-4-10(3)16-13(14-5-2)15-9-11(17)12-7-6-8-18-12/h6-8,10-11,17H,4-5,9H2,1-3H3,(H2,14,15,16). The summed E-state index contributed by atoms with van der Waals surface area (Å²) in [5.74, 6) is 1.26. The maximum absolute atomic E-state index is 9.86. The topological polar surface area (TPSA) is 69.8 Å². The maximum atomic E-state index is 9.86. The van der Waals surface area contributed by atoms with E-state index < -0.39 is 6.10 Å². The van der Waals surface area contributed by atoms with Crippen LogP contribution in [0.3, 0.4) is 0 Å². The van der Waals surface area contributed by atoms with Crippen LogP contribution in [0.1, 0.15) is 39.1 Å². The van der Waals surface area contributed by atoms with Gasteiger partial charge in [0.1, 0.15) is 11.9 Å². The Bertz CT molecular complexity index is 349. The van der Waals surface area contributed by atoms with E-state index in [-0.39, 0.29) is 6.54 Å². The van der Waals surface area contributed by atoms with E-state index in [9.17, 15) is 5.11 Å². The van der Waals surface area contributed by atoms with E-state index in [0.29, 0.717) is 11.8 Å². The SMILES string of the molecule is CCNC(=NCC(O)c1ccco1)NC(C)CC. The molecular formula is C13H23N3O2. The van der Waals surface area contributed by atoms with Crippen molar-refractivity contribution in [3.8, 4) is 0 Å². The van der Waals surface area contributed by atoms with Crippen LogP contribution in [0.5, 0.6) is 0 Å². The lowest BCUT2D eigenvalue weighted by atomic mass is 10.2. The Balaban J connectivity index is 2.54. The van der Waals surface area contributed by atoms with Gasteiger partial charge in [-0.25, -0.2) is 0 Å². The predicted octanol–water partition coefficient (Wildman–Crippen LogP) is 1.67. The average Bonchev–Trinajstić information content (AvgIpc) is 2.89. The lowest BCUT2D eigenvalue weighted by Crippen LogP contribution is -2.42. The number of aliphatic imine (C=N–C) groups is 1. The molecule has 0 aliphatic heterocycles. The van der Waals surface area contributed by atoms with E-state index in [2.05, 4.69) is 29.5 Å². The Morgan fingerprint density at radius 2 is 2.28 bits per heavy atom. The van der Waals surface area contributed by atoms with Crippen molar-refractivity contribution in [3.05, 3.63) is 24.2 Å². The van der Waals surface area contributed by atoms with Crippen molar-refractivity contribution >= 4 is 5.96 Å². The molecule has 3 N–H and O–H groups in total. The van der Waals surface area contributed by atoms with Gasteiger partial charge in [0.25, 0.3) is 0 Å². The molecule has 2 unspecified atom stereocenters. The Kier molecular flexibility index (Phi) is 6.28. The van der Waals surface area contributed by atoms with Crippen molar-refractivity contribution in [2.45, 2.75) is 39.3 Å². The molecule has 1 rings (SSSR count). The number of rotatable bonds is 6. The summed E-state index contributed by atoms with van der Waals surface area (Å²) in [6.07, 6.45) is 1.86. The highest BCUT2D eigenvalue weighted by Gasteiger charge is 2.10. The quantitative estimate of drug-likeness (QED) is 0.533. The molecule has 0 saturated carbocycles. The molecule has 0 amide bonds. The number of nitrogens with one attached hydrogen (secondary N) is 2. The molecule has 5 heteroatoms. The molecule has 1 aromatic heterocycles. The molecule has 2 atom stereocenters. The third-order valence-electron chi connectivity index (χ3n) is 2.63. The summed E-state index contributed by atoms with van der Waals surface area (Å²) in [7, 11) is 0. The fourth-order valence-electron chi connectivity index (χ4n) is 1.40. The van der Waals surface area contributed by atoms with Crippen molar-refractivity contribution in [2.24, 2.45) is 4.99 Å². The van der Waals surface area contributed by atoms with Gasteiger partial charge in [0, 0.05) is 12.6 Å². The highest BCUT2D eigenvalue weighted by atomic mass is 16.4. The summed E-state index contributed by atoms with van der Waals surface area (Å²) in [4.78, 5) is 4.34. The summed E-state index contributed by atoms with van der Waals surface area (Å²) in [5.41, 5.74) is 0. The van der Waals surface area contributed by atoms with E-state index in [0.717, 1.165) is 18.9 Å². The number of hydrogen-bond acceptors (Lipinski definition) is 3. The van der Waals surface area contributed by atoms with E-state index in [1.165, 1.54) is 0 Å². The molecule has 0 saturated heterocycles. The molecular weight excluding hydrogens is 230 g/mol. The molecule has 0 fully saturated rings. The number of aliphatic hydroxyl groups excluding tert-OH is 1. The minimum absolute atomic E-state index is 0.277. The van der Waals surface area contributed by atoms with Gasteiger partial charge >= 0.3 is 0 Å². The molecule has 0 spiro atoms. The number of guanidine groups is 1. The van der Waals surface area contributed by atoms with Crippen molar-refractivity contribution in [3.63, 3.8) is 0 Å². The van der Waals surface area contributed by atoms with Gasteiger partial charge in [-0.1, -0.05) is 6.92 Å². The molecule has 102 valence electrons. The Morgan fingerprint density at radius 1 is 1.50 bits per heavy atom. The Hall–Kier alpha value is -1.49. The van der Waals surface area contributed by atoms with Gasteiger partial charge in [0.2, 0.25) is 0 Å². The van der Waals surface area contributed by atoms with Gasteiger partial charge in [-0.05, 0) is 32.4 Å². The van der Waals surface area contributed by atoms with Crippen LogP contribution in [0.2, 0.25) is 0 Å². The summed E-state index contributed by atoms with van der Waals surface area (Å²) in [6, 6.07) is 3.85. The fourth-order valence-corrected chi connectivity index (χ4v) is 1.40. The predicted molar refractivity (Wildman–Crippen MR) is 72.5 cm³/mol. The van der Waals surface area contributed by atoms with Crippen molar-refractivity contribution < 1.29 is 9.52 Å². The second kappa shape index (κ2) is 7.76. The van der Waals surface area contributed by atoms with Gasteiger partial charge in [-0.15, -0.1) is 0 Å². The molecule has 1 aromatic rings. The largest absolute Gasteiger partial charge is 0.467 e.